The van der Waals surface area contributed by atoms with E-state index >= 15 is 0 Å². The van der Waals surface area contributed by atoms with E-state index in [4.69, 9.17) is 0 Å². The molecule has 1 aliphatic heterocycles. The van der Waals surface area contributed by atoms with Crippen molar-refractivity contribution in [3.05, 3.63) is 32.7 Å². The summed E-state index contributed by atoms with van der Waals surface area (Å²) >= 11 is 7.09. The van der Waals surface area contributed by atoms with Gasteiger partial charge >= 0.3 is 0 Å². The molecule has 0 aromatic heterocycles. The summed E-state index contributed by atoms with van der Waals surface area (Å²) in [6, 6.07) is 6.14. The van der Waals surface area contributed by atoms with E-state index in [0.29, 0.717) is 5.75 Å². The van der Waals surface area contributed by atoms with Crippen LogP contribution in [0.2, 0.25) is 0 Å². The summed E-state index contributed by atoms with van der Waals surface area (Å²) < 4.78 is 25.5. The Balaban J connectivity index is 2.30. The van der Waals surface area contributed by atoms with E-state index in [1.807, 2.05) is 12.1 Å². The largest absolute Gasteiger partial charge is 0.310 e. The highest BCUT2D eigenvalue weighted by molar-refractivity contribution is 9.11. The van der Waals surface area contributed by atoms with Crippen LogP contribution in [-0.2, 0) is 9.84 Å². The molecule has 3 nitrogen and oxygen atoms in total. The molecule has 0 bridgehead atoms. The van der Waals surface area contributed by atoms with E-state index in [1.165, 1.54) is 0 Å². The van der Waals surface area contributed by atoms with Gasteiger partial charge in [-0.15, -0.1) is 0 Å². The number of benzene rings is 1. The van der Waals surface area contributed by atoms with Crippen LogP contribution >= 0.6 is 31.9 Å². The molecule has 2 rings (SSSR count). The molecule has 1 N–H and O–H groups in total. The van der Waals surface area contributed by atoms with Gasteiger partial charge in [-0.2, -0.15) is 0 Å². The lowest BCUT2D eigenvalue weighted by Gasteiger charge is -2.25. The Hall–Kier alpha value is 0.0900. The molecule has 0 radical (unpaired) electrons. The zero-order valence-electron chi connectivity index (χ0n) is 11.4. The second-order valence-electron chi connectivity index (χ2n) is 5.26. The molecule has 1 aromatic carbocycles. The molecule has 112 valence electrons. The third-order valence-corrected chi connectivity index (χ3v) is 6.66. The smallest absolute Gasteiger partial charge is 0.150 e. The van der Waals surface area contributed by atoms with Gasteiger partial charge in [0, 0.05) is 15.0 Å². The third-order valence-electron chi connectivity index (χ3n) is 3.65. The van der Waals surface area contributed by atoms with Gasteiger partial charge in [0.2, 0.25) is 0 Å². The molecular weight excluding hydrogens is 406 g/mol. The van der Waals surface area contributed by atoms with Crippen LogP contribution in [0.15, 0.2) is 27.1 Å². The van der Waals surface area contributed by atoms with Crippen LogP contribution < -0.4 is 5.32 Å². The molecule has 2 atom stereocenters. The van der Waals surface area contributed by atoms with Crippen molar-refractivity contribution >= 4 is 41.7 Å². The van der Waals surface area contributed by atoms with Crippen molar-refractivity contribution in [2.24, 2.45) is 5.92 Å². The molecule has 6 heteroatoms. The third kappa shape index (κ3) is 4.06. The van der Waals surface area contributed by atoms with E-state index in [1.54, 1.807) is 0 Å². The molecule has 0 aliphatic carbocycles. The van der Waals surface area contributed by atoms with Gasteiger partial charge in [-0.1, -0.05) is 38.8 Å². The Morgan fingerprint density at radius 2 is 2.15 bits per heavy atom. The summed E-state index contributed by atoms with van der Waals surface area (Å²) in [7, 11) is -2.86. The Kier molecular flexibility index (Phi) is 5.68. The van der Waals surface area contributed by atoms with Crippen molar-refractivity contribution in [3.8, 4) is 0 Å². The number of rotatable bonds is 5. The highest BCUT2D eigenvalue weighted by Gasteiger charge is 2.34. The zero-order chi connectivity index (χ0) is 14.8. The van der Waals surface area contributed by atoms with Gasteiger partial charge < -0.3 is 5.32 Å². The van der Waals surface area contributed by atoms with Crippen molar-refractivity contribution < 1.29 is 8.42 Å². The standard InChI is InChI=1S/C14H19Br2NO2S/c1-2-6-17-14(10-5-7-20(18,19)9-10)12-8-11(15)3-4-13(12)16/h3-4,8,10,14,17H,2,5-7,9H2,1H3. The number of hydrogen-bond acceptors (Lipinski definition) is 3. The summed E-state index contributed by atoms with van der Waals surface area (Å²) in [4.78, 5) is 0. The zero-order valence-corrected chi connectivity index (χ0v) is 15.4. The lowest BCUT2D eigenvalue weighted by atomic mass is 9.92. The van der Waals surface area contributed by atoms with Gasteiger partial charge in [0.05, 0.1) is 11.5 Å². The minimum atomic E-state index is -2.86. The first-order valence-electron chi connectivity index (χ1n) is 6.81. The predicted octanol–water partition coefficient (Wildman–Crippen LogP) is 3.69. The monoisotopic (exact) mass is 423 g/mol. The van der Waals surface area contributed by atoms with Crippen LogP contribution in [0.1, 0.15) is 31.4 Å². The van der Waals surface area contributed by atoms with Crippen LogP contribution in [0.5, 0.6) is 0 Å². The lowest BCUT2D eigenvalue weighted by Crippen LogP contribution is -2.30. The number of nitrogens with one attached hydrogen (secondary N) is 1. The molecule has 1 aliphatic rings. The van der Waals surface area contributed by atoms with Gasteiger partial charge in [0.1, 0.15) is 0 Å². The Morgan fingerprint density at radius 1 is 1.40 bits per heavy atom. The number of halogens is 2. The van der Waals surface area contributed by atoms with Crippen molar-refractivity contribution in [2.45, 2.75) is 25.8 Å². The maximum atomic E-state index is 11.8. The summed E-state index contributed by atoms with van der Waals surface area (Å²) in [5, 5.41) is 3.52. The molecular formula is C14H19Br2NO2S. The van der Waals surface area contributed by atoms with Gasteiger partial charge in [-0.05, 0) is 49.1 Å². The molecule has 1 aromatic rings. The first kappa shape index (κ1) is 16.5. The van der Waals surface area contributed by atoms with Crippen molar-refractivity contribution in [2.75, 3.05) is 18.1 Å². The molecule has 20 heavy (non-hydrogen) atoms. The minimum absolute atomic E-state index is 0.0825. The number of sulfone groups is 1. The molecule has 1 heterocycles. The molecule has 1 fully saturated rings. The molecule has 0 amide bonds. The maximum absolute atomic E-state index is 11.8. The van der Waals surface area contributed by atoms with E-state index in [2.05, 4.69) is 50.2 Å². The quantitative estimate of drug-likeness (QED) is 0.783. The van der Waals surface area contributed by atoms with Crippen LogP contribution in [0.3, 0.4) is 0 Å². The second kappa shape index (κ2) is 6.90. The van der Waals surface area contributed by atoms with Crippen molar-refractivity contribution in [3.63, 3.8) is 0 Å². The fourth-order valence-corrected chi connectivity index (χ4v) is 5.38. The predicted molar refractivity (Wildman–Crippen MR) is 89.6 cm³/mol. The topological polar surface area (TPSA) is 46.2 Å². The maximum Gasteiger partial charge on any atom is 0.150 e. The summed E-state index contributed by atoms with van der Waals surface area (Å²) in [5.74, 6) is 0.748. The Morgan fingerprint density at radius 3 is 2.75 bits per heavy atom. The Labute approximate surface area is 137 Å². The van der Waals surface area contributed by atoms with Crippen LogP contribution in [-0.4, -0.2) is 26.5 Å². The van der Waals surface area contributed by atoms with E-state index in [9.17, 15) is 8.42 Å². The van der Waals surface area contributed by atoms with E-state index in [0.717, 1.165) is 33.9 Å². The second-order valence-corrected chi connectivity index (χ2v) is 9.26. The average Bonchev–Trinajstić information content (AvgIpc) is 2.74. The minimum Gasteiger partial charge on any atom is -0.310 e. The van der Waals surface area contributed by atoms with Crippen LogP contribution in [0, 0.1) is 5.92 Å². The van der Waals surface area contributed by atoms with E-state index in [-0.39, 0.29) is 17.7 Å². The van der Waals surface area contributed by atoms with Gasteiger partial charge in [0.25, 0.3) is 0 Å². The van der Waals surface area contributed by atoms with Crippen LogP contribution in [0.25, 0.3) is 0 Å². The fraction of sp³-hybridized carbons (Fsp3) is 0.571. The molecule has 0 spiro atoms. The highest BCUT2D eigenvalue weighted by atomic mass is 79.9. The Bertz CT molecular complexity index is 575. The SMILES string of the molecule is CCCNC(c1cc(Br)ccc1Br)C1CCS(=O)(=O)C1. The molecule has 0 saturated carbocycles. The highest BCUT2D eigenvalue weighted by Crippen LogP contribution is 2.36. The van der Waals surface area contributed by atoms with Gasteiger partial charge in [-0.25, -0.2) is 8.42 Å². The fourth-order valence-electron chi connectivity index (χ4n) is 2.67. The normalized spacial score (nSPS) is 22.9. The summed E-state index contributed by atoms with van der Waals surface area (Å²) in [6.45, 7) is 3.01. The molecule has 1 saturated heterocycles. The lowest BCUT2D eigenvalue weighted by molar-refractivity contribution is 0.391. The average molecular weight is 425 g/mol. The van der Waals surface area contributed by atoms with Gasteiger partial charge in [0.15, 0.2) is 9.84 Å². The summed E-state index contributed by atoms with van der Waals surface area (Å²) in [5.41, 5.74) is 1.13. The summed E-state index contributed by atoms with van der Waals surface area (Å²) in [6.07, 6.45) is 1.77. The van der Waals surface area contributed by atoms with Gasteiger partial charge in [-0.3, -0.25) is 0 Å². The van der Waals surface area contributed by atoms with Crippen LogP contribution in [0.4, 0.5) is 0 Å². The first-order valence-corrected chi connectivity index (χ1v) is 10.2. The van der Waals surface area contributed by atoms with Crippen molar-refractivity contribution in [1.29, 1.82) is 0 Å². The molecule has 2 unspecified atom stereocenters. The van der Waals surface area contributed by atoms with Crippen molar-refractivity contribution in [1.82, 2.24) is 5.32 Å². The first-order chi connectivity index (χ1) is 9.43. The number of hydrogen-bond donors (Lipinski definition) is 1. The van der Waals surface area contributed by atoms with E-state index < -0.39 is 9.84 Å².